The zero-order chi connectivity index (χ0) is 24.2. The molecule has 8 heteroatoms. The van der Waals surface area contributed by atoms with Crippen molar-refractivity contribution in [1.82, 2.24) is 5.32 Å². The standard InChI is InChI=1S/C26H25FN4O3/c1-16(2)34-18-14-12-17(13-15-18)28-26(33)30-24-25(32)31(3)22-11-7-5-9-20(22)23(29-24)19-8-4-6-10-21(19)27/h4-16,24H,1-3H3,(H2,28,30,33). The molecule has 1 unspecified atom stereocenters. The summed E-state index contributed by atoms with van der Waals surface area (Å²) in [6.45, 7) is 3.85. The minimum Gasteiger partial charge on any atom is -0.491 e. The predicted octanol–water partition coefficient (Wildman–Crippen LogP) is 4.57. The normalized spacial score (nSPS) is 15.3. The Balaban J connectivity index is 1.62. The molecule has 0 aromatic heterocycles. The molecule has 0 bridgehead atoms. The SMILES string of the molecule is CC(C)Oc1ccc(NC(=O)NC2N=C(c3ccccc3F)c3ccccc3N(C)C2=O)cc1. The number of anilines is 2. The Bertz CT molecular complexity index is 1240. The molecular weight excluding hydrogens is 435 g/mol. The van der Waals surface area contributed by atoms with Gasteiger partial charge in [0, 0.05) is 23.9 Å². The summed E-state index contributed by atoms with van der Waals surface area (Å²) in [6.07, 6.45) is -1.22. The van der Waals surface area contributed by atoms with E-state index in [4.69, 9.17) is 4.74 Å². The van der Waals surface area contributed by atoms with Crippen molar-refractivity contribution in [1.29, 1.82) is 0 Å². The van der Waals surface area contributed by atoms with Crippen LogP contribution in [0, 0.1) is 5.82 Å². The molecule has 0 saturated heterocycles. The second-order valence-corrected chi connectivity index (χ2v) is 8.06. The van der Waals surface area contributed by atoms with E-state index < -0.39 is 23.9 Å². The Morgan fingerprint density at radius 1 is 1.00 bits per heavy atom. The number of hydrogen-bond donors (Lipinski definition) is 2. The lowest BCUT2D eigenvalue weighted by Gasteiger charge is -2.21. The summed E-state index contributed by atoms with van der Waals surface area (Å²) in [4.78, 5) is 31.8. The number of carbonyl (C=O) groups excluding carboxylic acids is 2. The third-order valence-electron chi connectivity index (χ3n) is 5.22. The maximum atomic E-state index is 14.7. The number of nitrogens with one attached hydrogen (secondary N) is 2. The fourth-order valence-electron chi connectivity index (χ4n) is 3.66. The first-order valence-corrected chi connectivity index (χ1v) is 10.9. The molecule has 1 atom stereocenters. The molecule has 174 valence electrons. The van der Waals surface area contributed by atoms with Gasteiger partial charge in [0.05, 0.1) is 17.5 Å². The number of benzene rings is 3. The fourth-order valence-corrected chi connectivity index (χ4v) is 3.66. The lowest BCUT2D eigenvalue weighted by Crippen LogP contribution is -2.47. The number of benzodiazepines with no additional fused rings is 1. The third kappa shape index (κ3) is 4.91. The molecular formula is C26H25FN4O3. The second-order valence-electron chi connectivity index (χ2n) is 8.06. The number of hydrogen-bond acceptors (Lipinski definition) is 4. The number of ether oxygens (including phenoxy) is 1. The zero-order valence-corrected chi connectivity index (χ0v) is 19.1. The Kier molecular flexibility index (Phi) is 6.58. The molecule has 1 aliphatic rings. The molecule has 2 N–H and O–H groups in total. The van der Waals surface area contributed by atoms with Crippen LogP contribution in [0.3, 0.4) is 0 Å². The molecule has 3 aromatic carbocycles. The van der Waals surface area contributed by atoms with Gasteiger partial charge in [-0.2, -0.15) is 0 Å². The molecule has 1 heterocycles. The van der Waals surface area contributed by atoms with Gasteiger partial charge in [-0.15, -0.1) is 0 Å². The van der Waals surface area contributed by atoms with Crippen LogP contribution in [0.15, 0.2) is 77.8 Å². The van der Waals surface area contributed by atoms with Gasteiger partial charge in [-0.25, -0.2) is 14.2 Å². The van der Waals surface area contributed by atoms with E-state index in [9.17, 15) is 14.0 Å². The number of urea groups is 1. The van der Waals surface area contributed by atoms with Crippen LogP contribution >= 0.6 is 0 Å². The molecule has 0 aliphatic carbocycles. The molecule has 7 nitrogen and oxygen atoms in total. The molecule has 0 fully saturated rings. The van der Waals surface area contributed by atoms with Crippen LogP contribution < -0.4 is 20.3 Å². The van der Waals surface area contributed by atoms with Crippen molar-refractivity contribution in [2.75, 3.05) is 17.3 Å². The Hall–Kier alpha value is -4.20. The number of rotatable bonds is 5. The summed E-state index contributed by atoms with van der Waals surface area (Å²) >= 11 is 0. The lowest BCUT2D eigenvalue weighted by molar-refractivity contribution is -0.119. The van der Waals surface area contributed by atoms with Crippen LogP contribution in [0.25, 0.3) is 0 Å². The average Bonchev–Trinajstić information content (AvgIpc) is 2.91. The van der Waals surface area contributed by atoms with Gasteiger partial charge in [0.25, 0.3) is 5.91 Å². The molecule has 0 spiro atoms. The van der Waals surface area contributed by atoms with E-state index in [1.54, 1.807) is 73.8 Å². The quantitative estimate of drug-likeness (QED) is 0.585. The number of fused-ring (bicyclic) bond motifs is 1. The second kappa shape index (κ2) is 9.74. The summed E-state index contributed by atoms with van der Waals surface area (Å²) in [5, 5.41) is 5.30. The summed E-state index contributed by atoms with van der Waals surface area (Å²) < 4.78 is 20.3. The summed E-state index contributed by atoms with van der Waals surface area (Å²) in [7, 11) is 1.60. The first kappa shape index (κ1) is 23.0. The highest BCUT2D eigenvalue weighted by Crippen LogP contribution is 2.28. The van der Waals surface area contributed by atoms with Gasteiger partial charge >= 0.3 is 6.03 Å². The number of amides is 3. The highest BCUT2D eigenvalue weighted by atomic mass is 19.1. The molecule has 34 heavy (non-hydrogen) atoms. The number of likely N-dealkylation sites (N-methyl/N-ethyl adjacent to an activating group) is 1. The third-order valence-corrected chi connectivity index (χ3v) is 5.22. The monoisotopic (exact) mass is 460 g/mol. The van der Waals surface area contributed by atoms with Crippen molar-refractivity contribution in [3.8, 4) is 5.75 Å². The number of para-hydroxylation sites is 1. The zero-order valence-electron chi connectivity index (χ0n) is 19.1. The van der Waals surface area contributed by atoms with Crippen LogP contribution in [0.2, 0.25) is 0 Å². The maximum Gasteiger partial charge on any atom is 0.321 e. The first-order chi connectivity index (χ1) is 16.3. The predicted molar refractivity (Wildman–Crippen MR) is 130 cm³/mol. The average molecular weight is 461 g/mol. The van der Waals surface area contributed by atoms with E-state index in [-0.39, 0.29) is 17.4 Å². The minimum atomic E-state index is -1.25. The molecule has 1 aliphatic heterocycles. The maximum absolute atomic E-state index is 14.7. The van der Waals surface area contributed by atoms with Gasteiger partial charge in [0.15, 0.2) is 0 Å². The van der Waals surface area contributed by atoms with Gasteiger partial charge in [0.2, 0.25) is 6.17 Å². The van der Waals surface area contributed by atoms with Crippen LogP contribution in [-0.4, -0.2) is 37.0 Å². The van der Waals surface area contributed by atoms with Crippen molar-refractivity contribution in [2.45, 2.75) is 26.1 Å². The number of aliphatic imine (C=N–C) groups is 1. The van der Waals surface area contributed by atoms with Gasteiger partial charge in [-0.3, -0.25) is 4.79 Å². The Labute approximate surface area is 197 Å². The van der Waals surface area contributed by atoms with E-state index in [0.717, 1.165) is 0 Å². The van der Waals surface area contributed by atoms with E-state index in [0.29, 0.717) is 22.7 Å². The Morgan fingerprint density at radius 2 is 1.65 bits per heavy atom. The van der Waals surface area contributed by atoms with Crippen LogP contribution in [0.5, 0.6) is 5.75 Å². The van der Waals surface area contributed by atoms with E-state index in [2.05, 4.69) is 15.6 Å². The van der Waals surface area contributed by atoms with Gasteiger partial charge in [0.1, 0.15) is 11.6 Å². The lowest BCUT2D eigenvalue weighted by atomic mass is 10.00. The highest BCUT2D eigenvalue weighted by Gasteiger charge is 2.31. The van der Waals surface area contributed by atoms with Gasteiger partial charge in [-0.05, 0) is 56.3 Å². The van der Waals surface area contributed by atoms with Crippen LogP contribution in [0.4, 0.5) is 20.6 Å². The molecule has 4 rings (SSSR count). The number of carbonyl (C=O) groups is 2. The molecule has 3 aromatic rings. The summed E-state index contributed by atoms with van der Waals surface area (Å²) in [6, 6.07) is 19.6. The minimum absolute atomic E-state index is 0.0333. The van der Waals surface area contributed by atoms with Crippen molar-refractivity contribution in [2.24, 2.45) is 4.99 Å². The molecule has 3 amide bonds. The van der Waals surface area contributed by atoms with Crippen molar-refractivity contribution in [3.63, 3.8) is 0 Å². The van der Waals surface area contributed by atoms with E-state index in [1.165, 1.54) is 11.0 Å². The van der Waals surface area contributed by atoms with Crippen molar-refractivity contribution in [3.05, 3.63) is 89.7 Å². The van der Waals surface area contributed by atoms with Crippen molar-refractivity contribution >= 4 is 29.0 Å². The number of nitrogens with zero attached hydrogens (tertiary/aromatic N) is 2. The summed E-state index contributed by atoms with van der Waals surface area (Å²) in [5.41, 5.74) is 2.20. The smallest absolute Gasteiger partial charge is 0.321 e. The Morgan fingerprint density at radius 3 is 2.32 bits per heavy atom. The summed E-state index contributed by atoms with van der Waals surface area (Å²) in [5.74, 6) is -0.243. The molecule has 0 saturated carbocycles. The van der Waals surface area contributed by atoms with Crippen LogP contribution in [0.1, 0.15) is 25.0 Å². The number of halogens is 1. The van der Waals surface area contributed by atoms with Crippen LogP contribution in [-0.2, 0) is 4.79 Å². The fraction of sp³-hybridized carbons (Fsp3) is 0.192. The van der Waals surface area contributed by atoms with Gasteiger partial charge in [-0.1, -0.05) is 30.3 Å². The van der Waals surface area contributed by atoms with E-state index >= 15 is 0 Å². The first-order valence-electron chi connectivity index (χ1n) is 10.9. The largest absolute Gasteiger partial charge is 0.491 e. The van der Waals surface area contributed by atoms with Gasteiger partial charge < -0.3 is 20.3 Å². The highest BCUT2D eigenvalue weighted by molar-refractivity contribution is 6.20. The van der Waals surface area contributed by atoms with Crippen molar-refractivity contribution < 1.29 is 18.7 Å². The molecule has 0 radical (unpaired) electrons. The topological polar surface area (TPSA) is 83.0 Å². The van der Waals surface area contributed by atoms with E-state index in [1.807, 2.05) is 13.8 Å².